The molecule has 21 heavy (non-hydrogen) atoms. The van der Waals surface area contributed by atoms with Crippen LogP contribution in [0.5, 0.6) is 0 Å². The predicted octanol–water partition coefficient (Wildman–Crippen LogP) is 3.78. The molecule has 0 atom stereocenters. The SMILES string of the molecule is COC(=O)c1ccc(Cn2ccc3c(C)cccc32)cc1. The Morgan fingerprint density at radius 3 is 2.57 bits per heavy atom. The van der Waals surface area contributed by atoms with Crippen LogP contribution in [0.3, 0.4) is 0 Å². The Kier molecular flexibility index (Phi) is 3.48. The normalized spacial score (nSPS) is 10.8. The van der Waals surface area contributed by atoms with Gasteiger partial charge in [-0.2, -0.15) is 0 Å². The minimum Gasteiger partial charge on any atom is -0.465 e. The van der Waals surface area contributed by atoms with Crippen LogP contribution in [0.25, 0.3) is 10.9 Å². The zero-order valence-corrected chi connectivity index (χ0v) is 12.2. The summed E-state index contributed by atoms with van der Waals surface area (Å²) in [6.07, 6.45) is 2.10. The third-order valence-corrected chi connectivity index (χ3v) is 3.76. The van der Waals surface area contributed by atoms with Gasteiger partial charge in [0.25, 0.3) is 0 Å². The van der Waals surface area contributed by atoms with Gasteiger partial charge in [-0.3, -0.25) is 0 Å². The third kappa shape index (κ3) is 2.55. The molecule has 0 N–H and O–H groups in total. The van der Waals surface area contributed by atoms with E-state index < -0.39 is 0 Å². The first-order chi connectivity index (χ1) is 10.2. The molecule has 0 aliphatic carbocycles. The van der Waals surface area contributed by atoms with E-state index in [-0.39, 0.29) is 5.97 Å². The summed E-state index contributed by atoms with van der Waals surface area (Å²) in [5.41, 5.74) is 4.25. The van der Waals surface area contributed by atoms with Gasteiger partial charge in [-0.15, -0.1) is 0 Å². The molecule has 0 unspecified atom stereocenters. The molecule has 2 aromatic carbocycles. The van der Waals surface area contributed by atoms with E-state index in [9.17, 15) is 4.79 Å². The molecule has 0 fully saturated rings. The van der Waals surface area contributed by atoms with Crippen molar-refractivity contribution in [2.75, 3.05) is 7.11 Å². The van der Waals surface area contributed by atoms with Crippen molar-refractivity contribution >= 4 is 16.9 Å². The standard InChI is InChI=1S/C18H17NO2/c1-13-4-3-5-17-16(13)10-11-19(17)12-14-6-8-15(9-7-14)18(20)21-2/h3-11H,12H2,1-2H3. The molecule has 0 aliphatic heterocycles. The Morgan fingerprint density at radius 2 is 1.86 bits per heavy atom. The molecule has 0 bridgehead atoms. The van der Waals surface area contributed by atoms with E-state index in [2.05, 4.69) is 42.0 Å². The van der Waals surface area contributed by atoms with Crippen LogP contribution >= 0.6 is 0 Å². The second kappa shape index (κ2) is 5.44. The molecule has 3 heteroatoms. The lowest BCUT2D eigenvalue weighted by Gasteiger charge is -2.07. The first-order valence-electron chi connectivity index (χ1n) is 6.91. The van der Waals surface area contributed by atoms with Crippen LogP contribution in [0.2, 0.25) is 0 Å². The Labute approximate surface area is 123 Å². The van der Waals surface area contributed by atoms with Crippen LogP contribution in [0.4, 0.5) is 0 Å². The molecule has 106 valence electrons. The number of ether oxygens (including phenoxy) is 1. The smallest absolute Gasteiger partial charge is 0.337 e. The van der Waals surface area contributed by atoms with Gasteiger partial charge in [0.05, 0.1) is 12.7 Å². The lowest BCUT2D eigenvalue weighted by Crippen LogP contribution is -2.02. The van der Waals surface area contributed by atoms with E-state index in [1.165, 1.54) is 23.6 Å². The van der Waals surface area contributed by atoms with E-state index >= 15 is 0 Å². The molecule has 3 aromatic rings. The Hall–Kier alpha value is -2.55. The van der Waals surface area contributed by atoms with Crippen molar-refractivity contribution in [1.29, 1.82) is 0 Å². The molecule has 1 heterocycles. The number of hydrogen-bond donors (Lipinski definition) is 0. The van der Waals surface area contributed by atoms with Gasteiger partial charge >= 0.3 is 5.97 Å². The fraction of sp³-hybridized carbons (Fsp3) is 0.167. The Bertz CT molecular complexity index is 785. The molecular formula is C18H17NO2. The van der Waals surface area contributed by atoms with Gasteiger partial charge in [-0.1, -0.05) is 24.3 Å². The average Bonchev–Trinajstić information content (AvgIpc) is 2.92. The molecule has 0 radical (unpaired) electrons. The van der Waals surface area contributed by atoms with Gasteiger partial charge in [-0.25, -0.2) is 4.79 Å². The maximum absolute atomic E-state index is 11.4. The number of fused-ring (bicyclic) bond motifs is 1. The number of methoxy groups -OCH3 is 1. The number of rotatable bonds is 3. The van der Waals surface area contributed by atoms with Crippen molar-refractivity contribution in [1.82, 2.24) is 4.57 Å². The quantitative estimate of drug-likeness (QED) is 0.683. The summed E-state index contributed by atoms with van der Waals surface area (Å²) in [5.74, 6) is -0.302. The minimum atomic E-state index is -0.302. The molecule has 0 aliphatic rings. The van der Waals surface area contributed by atoms with E-state index in [1.807, 2.05) is 12.1 Å². The fourth-order valence-electron chi connectivity index (χ4n) is 2.58. The van der Waals surface area contributed by atoms with Gasteiger partial charge in [0.15, 0.2) is 0 Å². The van der Waals surface area contributed by atoms with Crippen molar-refractivity contribution in [3.05, 3.63) is 71.4 Å². The minimum absolute atomic E-state index is 0.302. The average molecular weight is 279 g/mol. The van der Waals surface area contributed by atoms with Gasteiger partial charge in [0, 0.05) is 23.6 Å². The highest BCUT2D eigenvalue weighted by Crippen LogP contribution is 2.20. The van der Waals surface area contributed by atoms with E-state index in [1.54, 1.807) is 12.1 Å². The number of benzene rings is 2. The zero-order valence-electron chi connectivity index (χ0n) is 12.2. The third-order valence-electron chi connectivity index (χ3n) is 3.76. The van der Waals surface area contributed by atoms with Crippen LogP contribution in [0.1, 0.15) is 21.5 Å². The summed E-state index contributed by atoms with van der Waals surface area (Å²) in [6.45, 7) is 2.91. The predicted molar refractivity (Wildman–Crippen MR) is 83.6 cm³/mol. The number of hydrogen-bond acceptors (Lipinski definition) is 2. The summed E-state index contributed by atoms with van der Waals surface area (Å²) < 4.78 is 6.93. The molecule has 0 saturated heterocycles. The lowest BCUT2D eigenvalue weighted by atomic mass is 10.1. The van der Waals surface area contributed by atoms with E-state index in [4.69, 9.17) is 4.74 Å². The summed E-state index contributed by atoms with van der Waals surface area (Å²) in [6, 6.07) is 16.0. The topological polar surface area (TPSA) is 31.2 Å². The number of carbonyl (C=O) groups excluding carboxylic acids is 1. The Balaban J connectivity index is 1.88. The largest absolute Gasteiger partial charge is 0.465 e. The monoisotopic (exact) mass is 279 g/mol. The van der Waals surface area contributed by atoms with Crippen LogP contribution in [0.15, 0.2) is 54.7 Å². The number of aromatic nitrogens is 1. The summed E-state index contributed by atoms with van der Waals surface area (Å²) >= 11 is 0. The van der Waals surface area contributed by atoms with Crippen molar-refractivity contribution in [3.8, 4) is 0 Å². The van der Waals surface area contributed by atoms with E-state index in [0.29, 0.717) is 5.56 Å². The molecule has 0 saturated carbocycles. The maximum atomic E-state index is 11.4. The summed E-state index contributed by atoms with van der Waals surface area (Å²) in [5, 5.41) is 1.28. The second-order valence-electron chi connectivity index (χ2n) is 5.14. The highest BCUT2D eigenvalue weighted by Gasteiger charge is 2.06. The highest BCUT2D eigenvalue weighted by atomic mass is 16.5. The van der Waals surface area contributed by atoms with Gasteiger partial charge in [0.2, 0.25) is 0 Å². The molecule has 3 rings (SSSR count). The molecule has 1 aromatic heterocycles. The number of carbonyl (C=O) groups is 1. The van der Waals surface area contributed by atoms with E-state index in [0.717, 1.165) is 12.1 Å². The summed E-state index contributed by atoms with van der Waals surface area (Å²) in [4.78, 5) is 11.4. The van der Waals surface area contributed by atoms with Gasteiger partial charge in [-0.05, 0) is 42.3 Å². The van der Waals surface area contributed by atoms with Gasteiger partial charge in [0.1, 0.15) is 0 Å². The molecular weight excluding hydrogens is 262 g/mol. The Morgan fingerprint density at radius 1 is 1.10 bits per heavy atom. The maximum Gasteiger partial charge on any atom is 0.337 e. The number of nitrogens with zero attached hydrogens (tertiary/aromatic N) is 1. The van der Waals surface area contributed by atoms with Crippen molar-refractivity contribution in [3.63, 3.8) is 0 Å². The van der Waals surface area contributed by atoms with Crippen molar-refractivity contribution in [2.45, 2.75) is 13.5 Å². The lowest BCUT2D eigenvalue weighted by molar-refractivity contribution is 0.0600. The summed E-state index contributed by atoms with van der Waals surface area (Å²) in [7, 11) is 1.39. The van der Waals surface area contributed by atoms with Crippen LogP contribution < -0.4 is 0 Å². The van der Waals surface area contributed by atoms with Crippen molar-refractivity contribution in [2.24, 2.45) is 0 Å². The number of aryl methyl sites for hydroxylation is 1. The van der Waals surface area contributed by atoms with Crippen LogP contribution in [-0.4, -0.2) is 17.6 Å². The van der Waals surface area contributed by atoms with Crippen LogP contribution in [-0.2, 0) is 11.3 Å². The number of esters is 1. The fourth-order valence-corrected chi connectivity index (χ4v) is 2.58. The molecule has 0 spiro atoms. The second-order valence-corrected chi connectivity index (χ2v) is 5.14. The zero-order chi connectivity index (χ0) is 14.8. The van der Waals surface area contributed by atoms with Crippen molar-refractivity contribution < 1.29 is 9.53 Å². The molecule has 0 amide bonds. The highest BCUT2D eigenvalue weighted by molar-refractivity contribution is 5.89. The first kappa shape index (κ1) is 13.4. The first-order valence-corrected chi connectivity index (χ1v) is 6.91. The van der Waals surface area contributed by atoms with Gasteiger partial charge < -0.3 is 9.30 Å². The van der Waals surface area contributed by atoms with Crippen LogP contribution in [0, 0.1) is 6.92 Å². The molecule has 3 nitrogen and oxygen atoms in total.